The predicted octanol–water partition coefficient (Wildman–Crippen LogP) is 4.88. The van der Waals surface area contributed by atoms with Crippen LogP contribution in [0.25, 0.3) is 0 Å². The van der Waals surface area contributed by atoms with Gasteiger partial charge < -0.3 is 10.4 Å². The quantitative estimate of drug-likeness (QED) is 0.710. The second-order valence-electron chi connectivity index (χ2n) is 7.06. The van der Waals surface area contributed by atoms with Crippen molar-refractivity contribution in [1.82, 2.24) is 4.90 Å². The first-order valence-corrected chi connectivity index (χ1v) is 9.14. The van der Waals surface area contributed by atoms with Gasteiger partial charge in [0.25, 0.3) is 0 Å². The van der Waals surface area contributed by atoms with Crippen LogP contribution in [-0.4, -0.2) is 35.2 Å². The first kappa shape index (κ1) is 20.5. The number of likely N-dealkylation sites (tertiary alicyclic amines) is 1. The van der Waals surface area contributed by atoms with Crippen LogP contribution in [-0.2, 0) is 11.3 Å². The summed E-state index contributed by atoms with van der Waals surface area (Å²) in [6.45, 7) is 3.05. The van der Waals surface area contributed by atoms with E-state index < -0.39 is 18.2 Å². The van der Waals surface area contributed by atoms with Gasteiger partial charge in [0.05, 0.1) is 5.92 Å². The number of halogens is 4. The van der Waals surface area contributed by atoms with E-state index in [1.165, 1.54) is 18.2 Å². The summed E-state index contributed by atoms with van der Waals surface area (Å²) in [7, 11) is 0. The van der Waals surface area contributed by atoms with Crippen LogP contribution in [0.1, 0.15) is 22.7 Å². The van der Waals surface area contributed by atoms with Crippen molar-refractivity contribution in [3.63, 3.8) is 0 Å². The number of carboxylic acid groups (broad SMARTS) is 1. The summed E-state index contributed by atoms with van der Waals surface area (Å²) < 4.78 is 41.0. The van der Waals surface area contributed by atoms with Crippen LogP contribution >= 0.6 is 11.6 Å². The molecule has 2 N–H and O–H groups in total. The zero-order valence-corrected chi connectivity index (χ0v) is 15.9. The second-order valence-corrected chi connectivity index (χ2v) is 7.46. The van der Waals surface area contributed by atoms with E-state index in [2.05, 4.69) is 5.32 Å². The van der Waals surface area contributed by atoms with E-state index in [1.807, 2.05) is 11.0 Å². The number of alkyl halides is 3. The third-order valence-electron chi connectivity index (χ3n) is 4.79. The summed E-state index contributed by atoms with van der Waals surface area (Å²) in [6, 6.07) is 9.16. The first-order chi connectivity index (χ1) is 13.1. The molecule has 2 aromatic rings. The van der Waals surface area contributed by atoms with Crippen molar-refractivity contribution in [3.05, 3.63) is 64.2 Å². The van der Waals surface area contributed by atoms with Crippen molar-refractivity contribution in [1.29, 1.82) is 0 Å². The molecule has 0 aliphatic carbocycles. The number of benzene rings is 2. The lowest BCUT2D eigenvalue weighted by atomic mass is 9.99. The average Bonchev–Trinajstić information content (AvgIpc) is 2.57. The fourth-order valence-corrected chi connectivity index (χ4v) is 3.36. The third kappa shape index (κ3) is 4.77. The van der Waals surface area contributed by atoms with E-state index in [4.69, 9.17) is 16.7 Å². The lowest BCUT2D eigenvalue weighted by Crippen LogP contribution is -2.49. The Bertz CT molecular complexity index is 867. The topological polar surface area (TPSA) is 52.6 Å². The number of hydrogen-bond donors (Lipinski definition) is 2. The fraction of sp³-hybridized carbons (Fsp3) is 0.350. The Labute approximate surface area is 165 Å². The zero-order valence-electron chi connectivity index (χ0n) is 15.1. The Kier molecular flexibility index (Phi) is 5.86. The fourth-order valence-electron chi connectivity index (χ4n) is 3.24. The third-order valence-corrected chi connectivity index (χ3v) is 5.22. The molecule has 0 spiro atoms. The van der Waals surface area contributed by atoms with Gasteiger partial charge >= 0.3 is 12.1 Å². The van der Waals surface area contributed by atoms with Crippen molar-refractivity contribution in [3.8, 4) is 0 Å². The number of aliphatic carboxylic acids is 1. The standard InChI is InChI=1S/C20H20ClF3N2O2/c1-12-7-14(5-6-17(12)21)18(20(22,23)24)25-16-4-2-3-13(8-16)9-26-10-15(11-26)19(27)28/h2-8,15,18,25H,9-11H2,1H3,(H,27,28). The number of aryl methyl sites for hydroxylation is 1. The lowest BCUT2D eigenvalue weighted by molar-refractivity contribution is -0.147. The predicted molar refractivity (Wildman–Crippen MR) is 101 cm³/mol. The Morgan fingerprint density at radius 3 is 2.61 bits per heavy atom. The Balaban J connectivity index is 1.74. The summed E-state index contributed by atoms with van der Waals surface area (Å²) in [6.07, 6.45) is -4.48. The molecule has 1 fully saturated rings. The van der Waals surface area contributed by atoms with Crippen molar-refractivity contribution in [2.45, 2.75) is 25.7 Å². The van der Waals surface area contributed by atoms with E-state index in [1.54, 1.807) is 25.1 Å². The van der Waals surface area contributed by atoms with Gasteiger partial charge in [-0.25, -0.2) is 0 Å². The molecule has 4 nitrogen and oxygen atoms in total. The molecule has 2 aromatic carbocycles. The van der Waals surface area contributed by atoms with Gasteiger partial charge in [0.2, 0.25) is 0 Å². The average molecular weight is 413 g/mol. The number of carbonyl (C=O) groups is 1. The van der Waals surface area contributed by atoms with Gasteiger partial charge in [-0.15, -0.1) is 0 Å². The normalized spacial score (nSPS) is 16.5. The highest BCUT2D eigenvalue weighted by atomic mass is 35.5. The van der Waals surface area contributed by atoms with E-state index in [0.717, 1.165) is 5.56 Å². The van der Waals surface area contributed by atoms with Gasteiger partial charge in [-0.3, -0.25) is 9.69 Å². The molecule has 1 unspecified atom stereocenters. The van der Waals surface area contributed by atoms with E-state index >= 15 is 0 Å². The van der Waals surface area contributed by atoms with E-state index in [0.29, 0.717) is 35.9 Å². The van der Waals surface area contributed by atoms with Gasteiger partial charge in [0, 0.05) is 30.3 Å². The largest absolute Gasteiger partial charge is 0.481 e. The summed E-state index contributed by atoms with van der Waals surface area (Å²) in [5, 5.41) is 11.9. The number of rotatable bonds is 6. The minimum atomic E-state index is -4.48. The molecule has 3 rings (SSSR count). The first-order valence-electron chi connectivity index (χ1n) is 8.77. The van der Waals surface area contributed by atoms with Gasteiger partial charge in [-0.05, 0) is 41.8 Å². The Morgan fingerprint density at radius 2 is 2.00 bits per heavy atom. The smallest absolute Gasteiger partial charge is 0.412 e. The maximum atomic E-state index is 13.7. The van der Waals surface area contributed by atoms with Crippen LogP contribution < -0.4 is 5.32 Å². The summed E-state index contributed by atoms with van der Waals surface area (Å²) in [5.74, 6) is -1.19. The van der Waals surface area contributed by atoms with Gasteiger partial charge in [-0.2, -0.15) is 13.2 Å². The van der Waals surface area contributed by atoms with Crippen molar-refractivity contribution >= 4 is 23.3 Å². The Morgan fingerprint density at radius 1 is 1.29 bits per heavy atom. The monoisotopic (exact) mass is 412 g/mol. The molecule has 1 aliphatic rings. The zero-order chi connectivity index (χ0) is 20.5. The van der Waals surface area contributed by atoms with Crippen LogP contribution in [0.5, 0.6) is 0 Å². The number of carboxylic acids is 1. The molecule has 0 aromatic heterocycles. The minimum Gasteiger partial charge on any atom is -0.481 e. The molecule has 28 heavy (non-hydrogen) atoms. The molecular formula is C20H20ClF3N2O2. The molecule has 1 heterocycles. The maximum absolute atomic E-state index is 13.7. The van der Waals surface area contributed by atoms with Crippen LogP contribution in [0.2, 0.25) is 5.02 Å². The van der Waals surface area contributed by atoms with Gasteiger partial charge in [-0.1, -0.05) is 35.9 Å². The SMILES string of the molecule is Cc1cc(C(Nc2cccc(CN3CC(C(=O)O)C3)c2)C(F)(F)F)ccc1Cl. The van der Waals surface area contributed by atoms with Crippen LogP contribution in [0.4, 0.5) is 18.9 Å². The van der Waals surface area contributed by atoms with Crippen molar-refractivity contribution in [2.75, 3.05) is 18.4 Å². The van der Waals surface area contributed by atoms with E-state index in [9.17, 15) is 18.0 Å². The van der Waals surface area contributed by atoms with Crippen molar-refractivity contribution in [2.24, 2.45) is 5.92 Å². The summed E-state index contributed by atoms with van der Waals surface area (Å²) in [4.78, 5) is 12.8. The second kappa shape index (κ2) is 8.01. The van der Waals surface area contributed by atoms with Crippen LogP contribution in [0.3, 0.4) is 0 Å². The molecule has 1 aliphatic heterocycles. The number of nitrogens with one attached hydrogen (secondary N) is 1. The number of nitrogens with zero attached hydrogens (tertiary/aromatic N) is 1. The molecule has 1 saturated heterocycles. The summed E-state index contributed by atoms with van der Waals surface area (Å²) >= 11 is 5.93. The molecule has 0 amide bonds. The molecule has 1 atom stereocenters. The van der Waals surface area contributed by atoms with Gasteiger partial charge in [0.15, 0.2) is 0 Å². The van der Waals surface area contributed by atoms with Crippen molar-refractivity contribution < 1.29 is 23.1 Å². The minimum absolute atomic E-state index is 0.0897. The van der Waals surface area contributed by atoms with E-state index in [-0.39, 0.29) is 11.5 Å². The number of anilines is 1. The molecule has 150 valence electrons. The molecule has 0 bridgehead atoms. The summed E-state index contributed by atoms with van der Waals surface area (Å²) in [5.41, 5.74) is 1.84. The highest BCUT2D eigenvalue weighted by Crippen LogP contribution is 2.37. The molecule has 8 heteroatoms. The van der Waals surface area contributed by atoms with Crippen LogP contribution in [0.15, 0.2) is 42.5 Å². The highest BCUT2D eigenvalue weighted by Gasteiger charge is 2.41. The molecular weight excluding hydrogens is 393 g/mol. The Hall–Kier alpha value is -2.25. The molecule has 0 saturated carbocycles. The maximum Gasteiger partial charge on any atom is 0.412 e. The number of hydrogen-bond acceptors (Lipinski definition) is 3. The lowest BCUT2D eigenvalue weighted by Gasteiger charge is -2.36. The molecule has 0 radical (unpaired) electrons. The van der Waals surface area contributed by atoms with Gasteiger partial charge in [0.1, 0.15) is 6.04 Å². The highest BCUT2D eigenvalue weighted by molar-refractivity contribution is 6.31. The van der Waals surface area contributed by atoms with Crippen LogP contribution in [0, 0.1) is 12.8 Å².